The molecule has 1 fully saturated rings. The van der Waals surface area contributed by atoms with Gasteiger partial charge in [-0.1, -0.05) is 35.9 Å². The molecular formula is C28H25BrClNO6S. The molecule has 198 valence electrons. The first-order valence-electron chi connectivity index (χ1n) is 11.7. The highest BCUT2D eigenvalue weighted by molar-refractivity contribution is 9.10. The van der Waals surface area contributed by atoms with E-state index < -0.39 is 0 Å². The molecule has 38 heavy (non-hydrogen) atoms. The van der Waals surface area contributed by atoms with Gasteiger partial charge in [0.2, 0.25) is 0 Å². The standard InChI is InChI=1S/C28H25BrClNO6S/c1-3-35-24-15-19(14-21(29)26(24)37-17-18-8-10-20(30)11-9-18)16-25-27(32)31(28(33)38-25)12-13-36-23-7-5-4-6-22(23)34-2/h4-11,14-16H,3,12-13,17H2,1-2H3/b25-16-. The van der Waals surface area contributed by atoms with Gasteiger partial charge in [0, 0.05) is 5.02 Å². The number of nitrogens with zero attached hydrogens (tertiary/aromatic N) is 1. The Kier molecular flexibility index (Phi) is 9.60. The highest BCUT2D eigenvalue weighted by Gasteiger charge is 2.35. The summed E-state index contributed by atoms with van der Waals surface area (Å²) in [6, 6.07) is 18.2. The van der Waals surface area contributed by atoms with Crippen LogP contribution < -0.4 is 18.9 Å². The molecule has 0 radical (unpaired) electrons. The zero-order chi connectivity index (χ0) is 27.1. The van der Waals surface area contributed by atoms with E-state index in [4.69, 9.17) is 30.5 Å². The number of carbonyl (C=O) groups excluding carboxylic acids is 2. The predicted molar refractivity (Wildman–Crippen MR) is 152 cm³/mol. The van der Waals surface area contributed by atoms with E-state index >= 15 is 0 Å². The molecule has 3 aromatic rings. The normalized spacial score (nSPS) is 14.2. The lowest BCUT2D eigenvalue weighted by Crippen LogP contribution is -2.32. The van der Waals surface area contributed by atoms with E-state index in [1.165, 1.54) is 4.90 Å². The maximum absolute atomic E-state index is 13.0. The Morgan fingerprint density at radius 1 is 0.974 bits per heavy atom. The van der Waals surface area contributed by atoms with Crippen LogP contribution in [0.2, 0.25) is 5.02 Å². The first-order valence-corrected chi connectivity index (χ1v) is 13.7. The van der Waals surface area contributed by atoms with Crippen LogP contribution in [0, 0.1) is 0 Å². The number of benzene rings is 3. The zero-order valence-corrected chi connectivity index (χ0v) is 23.9. The molecule has 3 aromatic carbocycles. The minimum atomic E-state index is -0.374. The number of rotatable bonds is 11. The quantitative estimate of drug-likeness (QED) is 0.210. The molecule has 0 unspecified atom stereocenters. The van der Waals surface area contributed by atoms with Gasteiger partial charge in [-0.25, -0.2) is 0 Å². The first kappa shape index (κ1) is 27.9. The van der Waals surface area contributed by atoms with Crippen molar-refractivity contribution in [3.8, 4) is 23.0 Å². The van der Waals surface area contributed by atoms with Crippen molar-refractivity contribution >= 4 is 56.5 Å². The number of hydrogen-bond donors (Lipinski definition) is 0. The fraction of sp³-hybridized carbons (Fsp3) is 0.214. The van der Waals surface area contributed by atoms with E-state index in [1.807, 2.05) is 37.3 Å². The maximum atomic E-state index is 13.0. The third-order valence-corrected chi connectivity index (χ3v) is 7.19. The second-order valence-corrected chi connectivity index (χ2v) is 10.3. The molecular weight excluding hydrogens is 594 g/mol. The Hall–Kier alpha value is -3.14. The van der Waals surface area contributed by atoms with E-state index in [0.717, 1.165) is 17.3 Å². The van der Waals surface area contributed by atoms with Crippen molar-refractivity contribution in [1.82, 2.24) is 4.90 Å². The molecule has 2 amide bonds. The summed E-state index contributed by atoms with van der Waals surface area (Å²) in [5, 5.41) is 0.305. The third kappa shape index (κ3) is 6.83. The molecule has 0 atom stereocenters. The molecule has 0 aromatic heterocycles. The third-order valence-electron chi connectivity index (χ3n) is 5.44. The summed E-state index contributed by atoms with van der Waals surface area (Å²) in [5.74, 6) is 1.81. The Bertz CT molecular complexity index is 1350. The second-order valence-electron chi connectivity index (χ2n) is 8.01. The smallest absolute Gasteiger partial charge is 0.293 e. The van der Waals surface area contributed by atoms with Crippen LogP contribution in [0.15, 0.2) is 70.0 Å². The topological polar surface area (TPSA) is 74.3 Å². The lowest BCUT2D eigenvalue weighted by atomic mass is 10.1. The lowest BCUT2D eigenvalue weighted by Gasteiger charge is -2.15. The van der Waals surface area contributed by atoms with Crippen molar-refractivity contribution in [3.63, 3.8) is 0 Å². The summed E-state index contributed by atoms with van der Waals surface area (Å²) in [6.45, 7) is 2.89. The molecule has 1 aliphatic heterocycles. The Morgan fingerprint density at radius 2 is 1.71 bits per heavy atom. The summed E-state index contributed by atoms with van der Waals surface area (Å²) in [4.78, 5) is 27.0. The SMILES string of the molecule is CCOc1cc(/C=C2\SC(=O)N(CCOc3ccccc3OC)C2=O)cc(Br)c1OCc1ccc(Cl)cc1. The van der Waals surface area contributed by atoms with Crippen molar-refractivity contribution in [2.75, 3.05) is 26.9 Å². The number of halogens is 2. The zero-order valence-electron chi connectivity index (χ0n) is 20.7. The largest absolute Gasteiger partial charge is 0.493 e. The fourth-order valence-electron chi connectivity index (χ4n) is 3.64. The van der Waals surface area contributed by atoms with E-state index in [-0.39, 0.29) is 24.3 Å². The van der Waals surface area contributed by atoms with Gasteiger partial charge in [0.1, 0.15) is 13.2 Å². The fourth-order valence-corrected chi connectivity index (χ4v) is 5.20. The van der Waals surface area contributed by atoms with Crippen molar-refractivity contribution in [1.29, 1.82) is 0 Å². The van der Waals surface area contributed by atoms with Crippen LogP contribution in [0.1, 0.15) is 18.1 Å². The van der Waals surface area contributed by atoms with Crippen molar-refractivity contribution in [3.05, 3.63) is 86.2 Å². The number of imide groups is 1. The van der Waals surface area contributed by atoms with Gasteiger partial charge >= 0.3 is 0 Å². The summed E-state index contributed by atoms with van der Waals surface area (Å²) >= 11 is 10.4. The number of ether oxygens (including phenoxy) is 4. The van der Waals surface area contributed by atoms with Gasteiger partial charge in [0.05, 0.1) is 29.6 Å². The van der Waals surface area contributed by atoms with Crippen LogP contribution in [-0.4, -0.2) is 42.9 Å². The molecule has 0 saturated carbocycles. The molecule has 4 rings (SSSR count). The van der Waals surface area contributed by atoms with E-state index in [9.17, 15) is 9.59 Å². The van der Waals surface area contributed by atoms with E-state index in [0.29, 0.717) is 56.2 Å². The van der Waals surface area contributed by atoms with Crippen LogP contribution >= 0.6 is 39.3 Å². The van der Waals surface area contributed by atoms with Gasteiger partial charge < -0.3 is 18.9 Å². The lowest BCUT2D eigenvalue weighted by molar-refractivity contribution is -0.123. The number of thioether (sulfide) groups is 1. The molecule has 1 heterocycles. The van der Waals surface area contributed by atoms with Gasteiger partial charge in [0.25, 0.3) is 11.1 Å². The number of methoxy groups -OCH3 is 1. The van der Waals surface area contributed by atoms with Crippen LogP contribution in [0.3, 0.4) is 0 Å². The second kappa shape index (κ2) is 13.1. The Balaban J connectivity index is 1.45. The summed E-state index contributed by atoms with van der Waals surface area (Å²) in [5.41, 5.74) is 1.64. The molecule has 1 aliphatic rings. The summed E-state index contributed by atoms with van der Waals surface area (Å²) in [6.07, 6.45) is 1.67. The van der Waals surface area contributed by atoms with Gasteiger partial charge in [-0.15, -0.1) is 0 Å². The van der Waals surface area contributed by atoms with Crippen molar-refractivity contribution in [2.24, 2.45) is 0 Å². The van der Waals surface area contributed by atoms with Crippen LogP contribution in [-0.2, 0) is 11.4 Å². The molecule has 10 heteroatoms. The Morgan fingerprint density at radius 3 is 2.42 bits per heavy atom. The molecule has 0 spiro atoms. The highest BCUT2D eigenvalue weighted by Crippen LogP contribution is 2.40. The Labute approximate surface area is 238 Å². The molecule has 1 saturated heterocycles. The van der Waals surface area contributed by atoms with Crippen LogP contribution in [0.5, 0.6) is 23.0 Å². The highest BCUT2D eigenvalue weighted by atomic mass is 79.9. The molecule has 0 aliphatic carbocycles. The van der Waals surface area contributed by atoms with Crippen molar-refractivity contribution in [2.45, 2.75) is 13.5 Å². The number of hydrogen-bond acceptors (Lipinski definition) is 7. The minimum Gasteiger partial charge on any atom is -0.493 e. The number of carbonyl (C=O) groups is 2. The van der Waals surface area contributed by atoms with Gasteiger partial charge in [-0.2, -0.15) is 0 Å². The average molecular weight is 619 g/mol. The summed E-state index contributed by atoms with van der Waals surface area (Å²) < 4.78 is 23.5. The van der Waals surface area contributed by atoms with Crippen LogP contribution in [0.4, 0.5) is 4.79 Å². The summed E-state index contributed by atoms with van der Waals surface area (Å²) in [7, 11) is 1.55. The monoisotopic (exact) mass is 617 g/mol. The molecule has 0 N–H and O–H groups in total. The van der Waals surface area contributed by atoms with E-state index in [2.05, 4.69) is 15.9 Å². The van der Waals surface area contributed by atoms with Gasteiger partial charge in [-0.05, 0) is 88.2 Å². The van der Waals surface area contributed by atoms with Crippen molar-refractivity contribution < 1.29 is 28.5 Å². The van der Waals surface area contributed by atoms with E-state index in [1.54, 1.807) is 43.5 Å². The first-order chi connectivity index (χ1) is 18.4. The minimum absolute atomic E-state index is 0.116. The average Bonchev–Trinajstić information content (AvgIpc) is 3.17. The van der Waals surface area contributed by atoms with Gasteiger partial charge in [-0.3, -0.25) is 14.5 Å². The molecule has 0 bridgehead atoms. The van der Waals surface area contributed by atoms with Gasteiger partial charge in [0.15, 0.2) is 23.0 Å². The molecule has 7 nitrogen and oxygen atoms in total. The predicted octanol–water partition coefficient (Wildman–Crippen LogP) is 7.20. The number of amides is 2. The number of para-hydroxylation sites is 2. The maximum Gasteiger partial charge on any atom is 0.293 e. The van der Waals surface area contributed by atoms with Crippen LogP contribution in [0.25, 0.3) is 6.08 Å².